The predicted molar refractivity (Wildman–Crippen MR) is 83.2 cm³/mol. The van der Waals surface area contributed by atoms with Crippen molar-refractivity contribution >= 4 is 32.4 Å². The fourth-order valence-electron chi connectivity index (χ4n) is 2.03. The van der Waals surface area contributed by atoms with Crippen LogP contribution in [0, 0.1) is 6.92 Å². The van der Waals surface area contributed by atoms with E-state index in [1.165, 1.54) is 0 Å². The Morgan fingerprint density at radius 2 is 1.95 bits per heavy atom. The molecule has 1 aromatic carbocycles. The number of nitrogens with zero attached hydrogens (tertiary/aromatic N) is 3. The Kier molecular flexibility index (Phi) is 3.43. The molecule has 0 saturated carbocycles. The van der Waals surface area contributed by atoms with Crippen molar-refractivity contribution in [2.24, 2.45) is 0 Å². The van der Waals surface area contributed by atoms with Gasteiger partial charge in [-0.1, -0.05) is 0 Å². The number of aryl methyl sites for hydroxylation is 1. The van der Waals surface area contributed by atoms with Crippen molar-refractivity contribution in [3.05, 3.63) is 46.6 Å². The minimum atomic E-state index is -0.967. The maximum atomic E-state index is 11.4. The standard InChI is InChI=1S/C14H12BrN3OS/c1-9-7-11(15)8-18-14(9)16-13(17-18)10-3-5-12(6-4-10)20(2)19/h3-8H,1-2H3. The Hall–Kier alpha value is -1.53. The van der Waals surface area contributed by atoms with E-state index in [4.69, 9.17) is 0 Å². The van der Waals surface area contributed by atoms with Crippen molar-refractivity contribution in [3.63, 3.8) is 0 Å². The van der Waals surface area contributed by atoms with Gasteiger partial charge in [0.1, 0.15) is 0 Å². The minimum absolute atomic E-state index is 0.666. The Labute approximate surface area is 127 Å². The van der Waals surface area contributed by atoms with Gasteiger partial charge in [0.25, 0.3) is 0 Å². The van der Waals surface area contributed by atoms with Crippen molar-refractivity contribution in [3.8, 4) is 11.4 Å². The smallest absolute Gasteiger partial charge is 0.182 e. The molecule has 6 heteroatoms. The van der Waals surface area contributed by atoms with Crippen LogP contribution in [0.4, 0.5) is 0 Å². The van der Waals surface area contributed by atoms with Gasteiger partial charge in [-0.2, -0.15) is 0 Å². The molecular weight excluding hydrogens is 338 g/mol. The number of aromatic nitrogens is 3. The molecule has 0 aliphatic heterocycles. The lowest BCUT2D eigenvalue weighted by molar-refractivity contribution is 0.687. The molecule has 0 radical (unpaired) electrons. The minimum Gasteiger partial charge on any atom is -0.255 e. The van der Waals surface area contributed by atoms with Gasteiger partial charge < -0.3 is 0 Å². The monoisotopic (exact) mass is 349 g/mol. The molecule has 0 aliphatic carbocycles. The van der Waals surface area contributed by atoms with Crippen molar-refractivity contribution in [1.29, 1.82) is 0 Å². The van der Waals surface area contributed by atoms with Gasteiger partial charge in [0.05, 0.1) is 0 Å². The third-order valence-corrected chi connectivity index (χ3v) is 4.40. The van der Waals surface area contributed by atoms with E-state index >= 15 is 0 Å². The summed E-state index contributed by atoms with van der Waals surface area (Å²) in [7, 11) is -0.967. The Balaban J connectivity index is 2.10. The zero-order valence-corrected chi connectivity index (χ0v) is 13.4. The van der Waals surface area contributed by atoms with Crippen LogP contribution < -0.4 is 0 Å². The lowest BCUT2D eigenvalue weighted by Crippen LogP contribution is -1.90. The van der Waals surface area contributed by atoms with Crippen LogP contribution >= 0.6 is 15.9 Å². The summed E-state index contributed by atoms with van der Waals surface area (Å²) >= 11 is 3.45. The van der Waals surface area contributed by atoms with Gasteiger partial charge in [0.2, 0.25) is 0 Å². The lowest BCUT2D eigenvalue weighted by atomic mass is 10.2. The number of fused-ring (bicyclic) bond motifs is 1. The number of halogens is 1. The first-order chi connectivity index (χ1) is 9.54. The van der Waals surface area contributed by atoms with Gasteiger partial charge in [0.15, 0.2) is 11.5 Å². The number of benzene rings is 1. The maximum absolute atomic E-state index is 11.4. The van der Waals surface area contributed by atoms with Crippen LogP contribution in [-0.2, 0) is 10.8 Å². The van der Waals surface area contributed by atoms with Gasteiger partial charge in [0, 0.05) is 38.2 Å². The lowest BCUT2D eigenvalue weighted by Gasteiger charge is -1.97. The largest absolute Gasteiger partial charge is 0.255 e. The Morgan fingerprint density at radius 3 is 2.60 bits per heavy atom. The second-order valence-electron chi connectivity index (χ2n) is 4.52. The highest BCUT2D eigenvalue weighted by Crippen LogP contribution is 2.21. The molecule has 3 rings (SSSR count). The third kappa shape index (κ3) is 2.41. The van der Waals surface area contributed by atoms with Crippen molar-refractivity contribution in [1.82, 2.24) is 14.6 Å². The molecule has 4 nitrogen and oxygen atoms in total. The highest BCUT2D eigenvalue weighted by molar-refractivity contribution is 9.10. The summed E-state index contributed by atoms with van der Waals surface area (Å²) in [5.41, 5.74) is 2.81. The van der Waals surface area contributed by atoms with E-state index in [0.29, 0.717) is 5.82 Å². The normalized spacial score (nSPS) is 12.8. The molecule has 0 aliphatic rings. The summed E-state index contributed by atoms with van der Waals surface area (Å²) in [6, 6.07) is 9.50. The Bertz CT molecular complexity index is 811. The summed E-state index contributed by atoms with van der Waals surface area (Å²) in [5, 5.41) is 4.48. The fraction of sp³-hybridized carbons (Fsp3) is 0.143. The van der Waals surface area contributed by atoms with Crippen molar-refractivity contribution in [2.45, 2.75) is 11.8 Å². The SMILES string of the molecule is Cc1cc(Br)cn2nc(-c3ccc(S(C)=O)cc3)nc12. The van der Waals surface area contributed by atoms with E-state index in [0.717, 1.165) is 26.1 Å². The van der Waals surface area contributed by atoms with Crippen LogP contribution in [0.3, 0.4) is 0 Å². The van der Waals surface area contributed by atoms with E-state index in [-0.39, 0.29) is 0 Å². The van der Waals surface area contributed by atoms with Crippen LogP contribution in [0.2, 0.25) is 0 Å². The fourth-order valence-corrected chi connectivity index (χ4v) is 3.08. The number of rotatable bonds is 2. The van der Waals surface area contributed by atoms with E-state index < -0.39 is 10.8 Å². The Morgan fingerprint density at radius 1 is 1.25 bits per heavy atom. The topological polar surface area (TPSA) is 47.3 Å². The van der Waals surface area contributed by atoms with Crippen molar-refractivity contribution < 1.29 is 4.21 Å². The van der Waals surface area contributed by atoms with E-state index in [1.807, 2.05) is 43.5 Å². The predicted octanol–water partition coefficient (Wildman–Crippen LogP) is 3.20. The van der Waals surface area contributed by atoms with E-state index in [9.17, 15) is 4.21 Å². The second-order valence-corrected chi connectivity index (χ2v) is 6.82. The quantitative estimate of drug-likeness (QED) is 0.713. The molecule has 20 heavy (non-hydrogen) atoms. The molecule has 102 valence electrons. The van der Waals surface area contributed by atoms with Crippen LogP contribution in [-0.4, -0.2) is 25.1 Å². The molecular formula is C14H12BrN3OS. The third-order valence-electron chi connectivity index (χ3n) is 3.03. The maximum Gasteiger partial charge on any atom is 0.182 e. The summed E-state index contributed by atoms with van der Waals surface area (Å²) in [4.78, 5) is 5.36. The first-order valence-electron chi connectivity index (χ1n) is 6.01. The summed E-state index contributed by atoms with van der Waals surface area (Å²) in [5.74, 6) is 0.666. The number of hydrogen-bond acceptors (Lipinski definition) is 3. The molecule has 0 amide bonds. The van der Waals surface area contributed by atoms with Gasteiger partial charge >= 0.3 is 0 Å². The van der Waals surface area contributed by atoms with Crippen molar-refractivity contribution in [2.75, 3.05) is 6.26 Å². The highest BCUT2D eigenvalue weighted by Gasteiger charge is 2.09. The van der Waals surface area contributed by atoms with Crippen LogP contribution in [0.15, 0.2) is 45.9 Å². The summed E-state index contributed by atoms with van der Waals surface area (Å²) in [6.45, 7) is 2.00. The first kappa shape index (κ1) is 13.5. The van der Waals surface area contributed by atoms with E-state index in [2.05, 4.69) is 26.0 Å². The molecule has 0 spiro atoms. The summed E-state index contributed by atoms with van der Waals surface area (Å²) < 4.78 is 14.1. The number of hydrogen-bond donors (Lipinski definition) is 0. The molecule has 3 aromatic rings. The van der Waals surface area contributed by atoms with E-state index in [1.54, 1.807) is 10.8 Å². The average molecular weight is 350 g/mol. The highest BCUT2D eigenvalue weighted by atomic mass is 79.9. The van der Waals surface area contributed by atoms with Gasteiger partial charge in [-0.25, -0.2) is 9.50 Å². The zero-order valence-electron chi connectivity index (χ0n) is 11.0. The van der Waals surface area contributed by atoms with Crippen LogP contribution in [0.5, 0.6) is 0 Å². The molecule has 0 bridgehead atoms. The zero-order chi connectivity index (χ0) is 14.3. The molecule has 2 heterocycles. The molecule has 0 fully saturated rings. The second kappa shape index (κ2) is 5.10. The number of pyridine rings is 1. The van der Waals surface area contributed by atoms with Gasteiger partial charge in [-0.15, -0.1) is 5.10 Å². The molecule has 1 unspecified atom stereocenters. The average Bonchev–Trinajstić information content (AvgIpc) is 2.83. The molecule has 0 N–H and O–H groups in total. The first-order valence-corrected chi connectivity index (χ1v) is 8.36. The molecule has 0 saturated heterocycles. The van der Waals surface area contributed by atoms with Crippen LogP contribution in [0.25, 0.3) is 17.0 Å². The molecule has 2 aromatic heterocycles. The van der Waals surface area contributed by atoms with Crippen LogP contribution in [0.1, 0.15) is 5.56 Å². The van der Waals surface area contributed by atoms with Gasteiger partial charge in [-0.05, 0) is 58.7 Å². The molecule has 1 atom stereocenters. The van der Waals surface area contributed by atoms with Gasteiger partial charge in [-0.3, -0.25) is 4.21 Å². The summed E-state index contributed by atoms with van der Waals surface area (Å²) in [6.07, 6.45) is 3.55.